The maximum Gasteiger partial charge on any atom is 0.338 e. The van der Waals surface area contributed by atoms with Gasteiger partial charge in [0.2, 0.25) is 0 Å². The molecule has 0 N–H and O–H groups in total. The molecule has 0 amide bonds. The third-order valence-corrected chi connectivity index (χ3v) is 3.67. The topological polar surface area (TPSA) is 26.3 Å². The van der Waals surface area contributed by atoms with Gasteiger partial charge in [0, 0.05) is 0 Å². The van der Waals surface area contributed by atoms with Crippen molar-refractivity contribution < 1.29 is 9.53 Å². The Morgan fingerprint density at radius 3 is 2.19 bits per heavy atom. The van der Waals surface area contributed by atoms with Crippen LogP contribution in [0.5, 0.6) is 0 Å². The van der Waals surface area contributed by atoms with E-state index in [9.17, 15) is 4.79 Å². The van der Waals surface area contributed by atoms with E-state index >= 15 is 0 Å². The first-order valence-corrected chi connectivity index (χ1v) is 8.48. The summed E-state index contributed by atoms with van der Waals surface area (Å²) in [5.41, 5.74) is 0.588. The summed E-state index contributed by atoms with van der Waals surface area (Å²) in [6, 6.07) is 9.89. The van der Waals surface area contributed by atoms with E-state index in [0.717, 1.165) is 12.8 Å². The number of rotatable bonds is 12. The molecule has 1 aromatic carbocycles. The SMILES string of the molecule is CCCCCCCCCCCCOC(=O)c1c[c]ccc1. The Hall–Kier alpha value is -1.31. The monoisotopic (exact) mass is 289 g/mol. The summed E-state index contributed by atoms with van der Waals surface area (Å²) >= 11 is 0. The highest BCUT2D eigenvalue weighted by atomic mass is 16.5. The normalized spacial score (nSPS) is 10.5. The minimum Gasteiger partial charge on any atom is -0.462 e. The molecule has 0 spiro atoms. The number of carbonyl (C=O) groups excluding carboxylic acids is 1. The van der Waals surface area contributed by atoms with Crippen LogP contribution < -0.4 is 0 Å². The van der Waals surface area contributed by atoms with Crippen molar-refractivity contribution >= 4 is 5.97 Å². The van der Waals surface area contributed by atoms with Gasteiger partial charge < -0.3 is 4.74 Å². The predicted octanol–water partition coefficient (Wildman–Crippen LogP) is 5.56. The second-order valence-corrected chi connectivity index (χ2v) is 5.61. The average molecular weight is 289 g/mol. The standard InChI is InChI=1S/C19H29O2/c1-2-3-4-5-6-7-8-9-10-14-17-21-19(20)18-15-12-11-13-16-18/h11-12,15-16H,2-10,14,17H2,1H3. The van der Waals surface area contributed by atoms with Crippen LogP contribution in [0.15, 0.2) is 24.3 Å². The van der Waals surface area contributed by atoms with Gasteiger partial charge in [0.1, 0.15) is 0 Å². The van der Waals surface area contributed by atoms with Crippen LogP contribution in [0.25, 0.3) is 0 Å². The van der Waals surface area contributed by atoms with Crippen molar-refractivity contribution in [1.29, 1.82) is 0 Å². The zero-order valence-corrected chi connectivity index (χ0v) is 13.4. The molecule has 1 aromatic rings. The molecule has 2 nitrogen and oxygen atoms in total. The molecule has 0 bridgehead atoms. The lowest BCUT2D eigenvalue weighted by atomic mass is 10.1. The van der Waals surface area contributed by atoms with E-state index in [-0.39, 0.29) is 5.97 Å². The van der Waals surface area contributed by atoms with E-state index in [1.807, 2.05) is 0 Å². The summed E-state index contributed by atoms with van der Waals surface area (Å²) in [6.45, 7) is 2.78. The molecule has 0 fully saturated rings. The third-order valence-electron chi connectivity index (χ3n) is 3.67. The first kappa shape index (κ1) is 17.7. The van der Waals surface area contributed by atoms with Crippen LogP contribution in [-0.4, -0.2) is 12.6 Å². The van der Waals surface area contributed by atoms with Crippen molar-refractivity contribution in [2.75, 3.05) is 6.61 Å². The first-order chi connectivity index (χ1) is 10.3. The summed E-state index contributed by atoms with van der Waals surface area (Å²) in [6.07, 6.45) is 12.9. The summed E-state index contributed by atoms with van der Waals surface area (Å²) in [4.78, 5) is 11.7. The number of unbranched alkanes of at least 4 members (excludes halogenated alkanes) is 9. The molecular weight excluding hydrogens is 260 g/mol. The molecule has 0 aliphatic rings. The first-order valence-electron chi connectivity index (χ1n) is 8.48. The smallest absolute Gasteiger partial charge is 0.338 e. The van der Waals surface area contributed by atoms with Crippen LogP contribution >= 0.6 is 0 Å². The van der Waals surface area contributed by atoms with E-state index in [0.29, 0.717) is 12.2 Å². The molecule has 0 heterocycles. The number of carbonyl (C=O) groups is 1. The van der Waals surface area contributed by atoms with E-state index in [4.69, 9.17) is 4.74 Å². The third kappa shape index (κ3) is 9.28. The fourth-order valence-corrected chi connectivity index (χ4v) is 2.36. The molecular formula is C19H29O2. The molecule has 0 aliphatic heterocycles. The van der Waals surface area contributed by atoms with Gasteiger partial charge in [-0.15, -0.1) is 0 Å². The highest BCUT2D eigenvalue weighted by molar-refractivity contribution is 5.89. The average Bonchev–Trinajstić information content (AvgIpc) is 2.53. The number of hydrogen-bond donors (Lipinski definition) is 0. The zero-order chi connectivity index (χ0) is 15.2. The number of benzene rings is 1. The summed E-state index contributed by atoms with van der Waals surface area (Å²) in [5, 5.41) is 0. The van der Waals surface area contributed by atoms with Crippen LogP contribution in [0.3, 0.4) is 0 Å². The van der Waals surface area contributed by atoms with Gasteiger partial charge in [-0.05, 0) is 24.6 Å². The molecule has 2 heteroatoms. The number of hydrogen-bond acceptors (Lipinski definition) is 2. The summed E-state index contributed by atoms with van der Waals surface area (Å²) < 4.78 is 5.24. The predicted molar refractivity (Wildman–Crippen MR) is 87.4 cm³/mol. The van der Waals surface area contributed by atoms with Gasteiger partial charge in [-0.1, -0.05) is 76.8 Å². The Morgan fingerprint density at radius 1 is 1.00 bits per heavy atom. The molecule has 1 rings (SSSR count). The Bertz CT molecular complexity index is 359. The lowest BCUT2D eigenvalue weighted by molar-refractivity contribution is 0.0497. The molecule has 21 heavy (non-hydrogen) atoms. The van der Waals surface area contributed by atoms with Gasteiger partial charge in [0.25, 0.3) is 0 Å². The zero-order valence-electron chi connectivity index (χ0n) is 13.4. The Morgan fingerprint density at radius 2 is 1.62 bits per heavy atom. The van der Waals surface area contributed by atoms with Gasteiger partial charge >= 0.3 is 5.97 Å². The quantitative estimate of drug-likeness (QED) is 0.372. The van der Waals surface area contributed by atoms with Gasteiger partial charge in [-0.2, -0.15) is 0 Å². The van der Waals surface area contributed by atoms with E-state index in [1.54, 1.807) is 24.3 Å². The highest BCUT2D eigenvalue weighted by Crippen LogP contribution is 2.10. The van der Waals surface area contributed by atoms with Gasteiger partial charge in [0.05, 0.1) is 12.2 Å². The molecule has 0 aromatic heterocycles. The van der Waals surface area contributed by atoms with Crippen LogP contribution in [0.4, 0.5) is 0 Å². The summed E-state index contributed by atoms with van der Waals surface area (Å²) in [7, 11) is 0. The minimum absolute atomic E-state index is 0.234. The van der Waals surface area contributed by atoms with Gasteiger partial charge in [-0.25, -0.2) is 4.79 Å². The van der Waals surface area contributed by atoms with Crippen molar-refractivity contribution in [1.82, 2.24) is 0 Å². The second-order valence-electron chi connectivity index (χ2n) is 5.61. The van der Waals surface area contributed by atoms with Crippen molar-refractivity contribution in [2.45, 2.75) is 71.1 Å². The van der Waals surface area contributed by atoms with Crippen LogP contribution in [-0.2, 0) is 4.74 Å². The van der Waals surface area contributed by atoms with Crippen molar-refractivity contribution in [3.05, 3.63) is 35.9 Å². The Kier molecular flexibility index (Phi) is 10.5. The van der Waals surface area contributed by atoms with Crippen LogP contribution in [0, 0.1) is 6.07 Å². The van der Waals surface area contributed by atoms with Crippen molar-refractivity contribution in [3.63, 3.8) is 0 Å². The Balaban J connectivity index is 1.88. The van der Waals surface area contributed by atoms with E-state index in [2.05, 4.69) is 13.0 Å². The number of esters is 1. The fourth-order valence-electron chi connectivity index (χ4n) is 2.36. The maximum atomic E-state index is 11.7. The largest absolute Gasteiger partial charge is 0.462 e. The van der Waals surface area contributed by atoms with Crippen LogP contribution in [0.2, 0.25) is 0 Å². The van der Waals surface area contributed by atoms with Gasteiger partial charge in [0.15, 0.2) is 0 Å². The molecule has 117 valence electrons. The lowest BCUT2D eigenvalue weighted by Crippen LogP contribution is -2.06. The second kappa shape index (κ2) is 12.4. The minimum atomic E-state index is -0.234. The lowest BCUT2D eigenvalue weighted by Gasteiger charge is -2.05. The van der Waals surface area contributed by atoms with E-state index < -0.39 is 0 Å². The molecule has 0 saturated heterocycles. The molecule has 0 atom stereocenters. The maximum absolute atomic E-state index is 11.7. The fraction of sp³-hybridized carbons (Fsp3) is 0.632. The van der Waals surface area contributed by atoms with Gasteiger partial charge in [-0.3, -0.25) is 0 Å². The highest BCUT2D eigenvalue weighted by Gasteiger charge is 2.04. The van der Waals surface area contributed by atoms with E-state index in [1.165, 1.54) is 51.4 Å². The van der Waals surface area contributed by atoms with Crippen LogP contribution in [0.1, 0.15) is 81.5 Å². The summed E-state index contributed by atoms with van der Waals surface area (Å²) in [5.74, 6) is -0.234. The number of ether oxygens (including phenoxy) is 1. The molecule has 1 radical (unpaired) electrons. The molecule has 0 aliphatic carbocycles. The molecule has 0 saturated carbocycles. The molecule has 0 unspecified atom stereocenters. The Labute approximate surface area is 129 Å². The van der Waals surface area contributed by atoms with Crippen molar-refractivity contribution in [3.8, 4) is 0 Å². The van der Waals surface area contributed by atoms with Crippen molar-refractivity contribution in [2.24, 2.45) is 0 Å².